The lowest BCUT2D eigenvalue weighted by Gasteiger charge is -2.17. The second-order valence-corrected chi connectivity index (χ2v) is 13.4. The second kappa shape index (κ2) is 19.4. The third-order valence-corrected chi connectivity index (χ3v) is 9.53. The van der Waals surface area contributed by atoms with Crippen molar-refractivity contribution in [2.24, 2.45) is 10.7 Å². The third-order valence-electron chi connectivity index (χ3n) is 9.53. The number of nitrogens with zero attached hydrogens (tertiary/aromatic N) is 1. The highest BCUT2D eigenvalue weighted by Crippen LogP contribution is 2.36. The molecular formula is C43H51N3O6. The number of aliphatic hydroxyl groups is 1. The fourth-order valence-electron chi connectivity index (χ4n) is 6.69. The summed E-state index contributed by atoms with van der Waals surface area (Å²) in [5, 5.41) is 25.8. The molecule has 0 amide bonds. The number of ether oxygens (including phenoxy) is 3. The van der Waals surface area contributed by atoms with E-state index in [1.807, 2.05) is 54.6 Å². The van der Waals surface area contributed by atoms with Crippen molar-refractivity contribution in [2.45, 2.75) is 89.3 Å². The largest absolute Gasteiger partial charge is 0.508 e. The minimum Gasteiger partial charge on any atom is -0.508 e. The average Bonchev–Trinajstić information content (AvgIpc) is 3.15. The van der Waals surface area contributed by atoms with Crippen LogP contribution in [0, 0.1) is 12.0 Å². The number of phenolic OH excluding ortho intramolecular Hbond substituents is 1. The summed E-state index contributed by atoms with van der Waals surface area (Å²) in [4.78, 5) is 17.3. The Kier molecular flexibility index (Phi) is 14.2. The summed E-state index contributed by atoms with van der Waals surface area (Å²) in [6.45, 7) is 0.213. The Hall–Kier alpha value is -5.20. The molecule has 4 aromatic rings. The van der Waals surface area contributed by atoms with Crippen LogP contribution in [0.1, 0.15) is 86.0 Å². The predicted octanol–water partition coefficient (Wildman–Crippen LogP) is 7.79. The summed E-state index contributed by atoms with van der Waals surface area (Å²) in [5.41, 5.74) is 10.6. The molecule has 0 radical (unpaired) electrons. The Morgan fingerprint density at radius 2 is 1.81 bits per heavy atom. The van der Waals surface area contributed by atoms with E-state index in [2.05, 4.69) is 34.5 Å². The highest BCUT2D eigenvalue weighted by Gasteiger charge is 2.19. The Morgan fingerprint density at radius 1 is 0.981 bits per heavy atom. The van der Waals surface area contributed by atoms with Gasteiger partial charge in [0.15, 0.2) is 17.5 Å². The van der Waals surface area contributed by atoms with Gasteiger partial charge in [-0.15, -0.1) is 0 Å². The monoisotopic (exact) mass is 705 g/mol. The zero-order valence-electron chi connectivity index (χ0n) is 30.3. The number of carbonyl (C=O) groups is 1. The number of fused-ring (bicyclic) bond motifs is 9. The molecule has 0 fully saturated rings. The number of hydrogen-bond donors (Lipinski definition) is 4. The van der Waals surface area contributed by atoms with Gasteiger partial charge >= 0.3 is 0 Å². The van der Waals surface area contributed by atoms with Gasteiger partial charge in [0.05, 0.1) is 13.0 Å². The van der Waals surface area contributed by atoms with Crippen LogP contribution in [0.5, 0.6) is 17.2 Å². The van der Waals surface area contributed by atoms with Gasteiger partial charge in [-0.2, -0.15) is 0 Å². The van der Waals surface area contributed by atoms with Crippen molar-refractivity contribution in [2.75, 3.05) is 26.1 Å². The fourth-order valence-corrected chi connectivity index (χ4v) is 6.69. The van der Waals surface area contributed by atoms with Gasteiger partial charge in [-0.3, -0.25) is 9.79 Å². The first-order chi connectivity index (χ1) is 25.4. The van der Waals surface area contributed by atoms with Gasteiger partial charge in [0.25, 0.3) is 0 Å². The molecule has 0 saturated heterocycles. The van der Waals surface area contributed by atoms with Crippen LogP contribution in [0.4, 0.5) is 5.69 Å². The molecule has 6 bridgehead atoms. The maximum Gasteiger partial charge on any atom is 0.192 e. The van der Waals surface area contributed by atoms with Crippen LogP contribution in [0.3, 0.4) is 0 Å². The number of nitrogens with one attached hydrogen (secondary N) is 1. The van der Waals surface area contributed by atoms with Gasteiger partial charge in [-0.05, 0) is 102 Å². The molecule has 4 aromatic carbocycles. The van der Waals surface area contributed by atoms with Gasteiger partial charge in [-0.1, -0.05) is 61.6 Å². The number of unbranched alkanes of at least 4 members (excludes halogenated alkanes) is 4. The number of carbonyl (C=O) groups excluding carboxylic acids is 1. The number of methoxy groups -OCH3 is 1. The van der Waals surface area contributed by atoms with Crippen molar-refractivity contribution >= 4 is 28.2 Å². The Bertz CT molecular complexity index is 1900. The quantitative estimate of drug-likeness (QED) is 0.0508. The van der Waals surface area contributed by atoms with E-state index >= 15 is 0 Å². The molecule has 2 aliphatic rings. The van der Waals surface area contributed by atoms with Crippen molar-refractivity contribution in [1.82, 2.24) is 0 Å². The lowest BCUT2D eigenvalue weighted by molar-refractivity contribution is -0.121. The second-order valence-electron chi connectivity index (χ2n) is 13.4. The standard InChI is InChI=1S/C43H51N3O6/c1-45-43(44)46-35-11-8-10-30(26-35)9-6-4-3-5-7-12-37-28-36(48)17-13-31-15-20-40(50-2)41(27-31)52-29-32-14-18-38-34(25-32)16-19-39(49)42(38)33(21-23-47)22-24-51-37/h8,10-11,14-16,18-20,25-27,33,37,47,49H,3-7,9,12-13,17,21,23,28-29H2,1-2H3,(H3,44,45,46). The molecule has 6 rings (SSSR count). The zero-order chi connectivity index (χ0) is 36.7. The molecule has 0 saturated carbocycles. The molecule has 2 aliphatic heterocycles. The van der Waals surface area contributed by atoms with Crippen LogP contribution >= 0.6 is 0 Å². The van der Waals surface area contributed by atoms with Crippen molar-refractivity contribution < 1.29 is 29.2 Å². The van der Waals surface area contributed by atoms with E-state index in [-0.39, 0.29) is 30.7 Å². The average molecular weight is 706 g/mol. The molecule has 0 aromatic heterocycles. The molecule has 2 heterocycles. The number of aryl methyl sites for hydroxylation is 2. The molecule has 9 heteroatoms. The number of guanidine groups is 1. The van der Waals surface area contributed by atoms with Gasteiger partial charge in [-0.25, -0.2) is 0 Å². The first-order valence-electron chi connectivity index (χ1n) is 18.3. The normalized spacial score (nSPS) is 16.6. The molecule has 2 unspecified atom stereocenters. The summed E-state index contributed by atoms with van der Waals surface area (Å²) in [6, 6.07) is 23.5. The van der Waals surface area contributed by atoms with Crippen LogP contribution in [-0.4, -0.2) is 48.8 Å². The van der Waals surface area contributed by atoms with E-state index in [0.29, 0.717) is 55.3 Å². The number of rotatable bonds is 12. The van der Waals surface area contributed by atoms with Crippen molar-refractivity contribution in [1.29, 1.82) is 0 Å². The molecule has 5 N–H and O–H groups in total. The summed E-state index contributed by atoms with van der Waals surface area (Å²) in [6.07, 6.45) is 11.0. The molecule has 2 atom stereocenters. The molecule has 0 spiro atoms. The van der Waals surface area contributed by atoms with Crippen LogP contribution in [-0.2, 0) is 29.0 Å². The number of ketones is 1. The predicted molar refractivity (Wildman–Crippen MR) is 207 cm³/mol. The maximum atomic E-state index is 13.3. The number of nitrogens with two attached hydrogens (primary N) is 1. The van der Waals surface area contributed by atoms with Crippen molar-refractivity contribution in [3.8, 4) is 29.3 Å². The molecule has 9 nitrogen and oxygen atoms in total. The maximum absolute atomic E-state index is 13.3. The van der Waals surface area contributed by atoms with Crippen LogP contribution in [0.2, 0.25) is 0 Å². The van der Waals surface area contributed by atoms with Crippen LogP contribution in [0.15, 0.2) is 77.8 Å². The lowest BCUT2D eigenvalue weighted by Crippen LogP contribution is -2.21. The Balaban J connectivity index is 1.27. The van der Waals surface area contributed by atoms with E-state index in [4.69, 9.17) is 19.9 Å². The minimum atomic E-state index is -0.464. The highest BCUT2D eigenvalue weighted by molar-refractivity contribution is 5.92. The number of hydrogen-bond acceptors (Lipinski definition) is 7. The minimum absolute atomic E-state index is 0.103. The summed E-state index contributed by atoms with van der Waals surface area (Å²) in [7, 11) is 3.27. The van der Waals surface area contributed by atoms with Crippen molar-refractivity contribution in [3.05, 3.63) is 95.1 Å². The number of aliphatic imine (C=N–C) groups is 1. The van der Waals surface area contributed by atoms with Crippen molar-refractivity contribution in [3.63, 3.8) is 0 Å². The SMILES string of the molecule is CN=C(N)Nc1cccc(CCCCCCCC2CC(=O)CCc3ccc(OC)c(c3)OCc3ccc4c(c(O)ccc4c3)C(CCO)C#CO2)c1. The van der Waals surface area contributed by atoms with Gasteiger partial charge in [0, 0.05) is 37.7 Å². The number of aliphatic hydroxyl groups excluding tert-OH is 1. The summed E-state index contributed by atoms with van der Waals surface area (Å²) < 4.78 is 17.9. The zero-order valence-corrected chi connectivity index (χ0v) is 30.3. The number of aromatic hydroxyl groups is 1. The van der Waals surface area contributed by atoms with Gasteiger partial charge in [0.1, 0.15) is 30.4 Å². The van der Waals surface area contributed by atoms with E-state index in [1.165, 1.54) is 5.56 Å². The first-order valence-corrected chi connectivity index (χ1v) is 18.3. The molecule has 52 heavy (non-hydrogen) atoms. The Labute approximate surface area is 307 Å². The van der Waals surface area contributed by atoms with Gasteiger partial charge in [0.2, 0.25) is 0 Å². The highest BCUT2D eigenvalue weighted by atomic mass is 16.5. The number of Topliss-reactive ketones (excluding diaryl/α,β-unsaturated/α-hetero) is 1. The summed E-state index contributed by atoms with van der Waals surface area (Å²) >= 11 is 0. The number of anilines is 1. The molecule has 274 valence electrons. The molecular weight excluding hydrogens is 654 g/mol. The smallest absolute Gasteiger partial charge is 0.192 e. The Morgan fingerprint density at radius 3 is 2.63 bits per heavy atom. The molecule has 0 aliphatic carbocycles. The summed E-state index contributed by atoms with van der Waals surface area (Å²) in [5.74, 6) is 4.57. The third kappa shape index (κ3) is 10.9. The fraction of sp³-hybridized carbons (Fsp3) is 0.395. The van der Waals surface area contributed by atoms with Crippen LogP contribution in [0.25, 0.3) is 10.8 Å². The van der Waals surface area contributed by atoms with Crippen LogP contribution < -0.4 is 20.5 Å². The van der Waals surface area contributed by atoms with E-state index < -0.39 is 5.92 Å². The van der Waals surface area contributed by atoms with Gasteiger partial charge < -0.3 is 35.5 Å². The number of benzene rings is 4. The van der Waals surface area contributed by atoms with E-state index in [0.717, 1.165) is 66.1 Å². The van der Waals surface area contributed by atoms with E-state index in [1.54, 1.807) is 20.2 Å². The van der Waals surface area contributed by atoms with E-state index in [9.17, 15) is 15.0 Å². The first kappa shape index (κ1) is 38.0. The topological polar surface area (TPSA) is 136 Å². The lowest BCUT2D eigenvalue weighted by atomic mass is 9.90. The number of phenols is 1.